The summed E-state index contributed by atoms with van der Waals surface area (Å²) in [7, 11) is 1.36. The van der Waals surface area contributed by atoms with Crippen LogP contribution in [0.3, 0.4) is 0 Å². The summed E-state index contributed by atoms with van der Waals surface area (Å²) in [5, 5.41) is 4.91. The third-order valence-corrected chi connectivity index (χ3v) is 3.01. The van der Waals surface area contributed by atoms with Gasteiger partial charge in [-0.1, -0.05) is 22.9 Å². The molecular formula is C9H8ClN3O2S. The molecule has 0 radical (unpaired) electrons. The van der Waals surface area contributed by atoms with Crippen LogP contribution in [0.2, 0.25) is 4.47 Å². The van der Waals surface area contributed by atoms with E-state index in [9.17, 15) is 4.79 Å². The highest BCUT2D eigenvalue weighted by Crippen LogP contribution is 2.21. The first-order chi connectivity index (χ1) is 7.69. The Morgan fingerprint density at radius 2 is 2.44 bits per heavy atom. The van der Waals surface area contributed by atoms with Crippen LogP contribution in [-0.4, -0.2) is 27.8 Å². The molecule has 0 aliphatic heterocycles. The van der Waals surface area contributed by atoms with E-state index in [0.717, 1.165) is 10.6 Å². The largest absolute Gasteiger partial charge is 0.469 e. The lowest BCUT2D eigenvalue weighted by atomic mass is 10.3. The van der Waals surface area contributed by atoms with Crippen molar-refractivity contribution in [3.05, 3.63) is 28.6 Å². The number of halogens is 1. The van der Waals surface area contributed by atoms with Gasteiger partial charge in [0, 0.05) is 11.8 Å². The molecular weight excluding hydrogens is 250 g/mol. The third kappa shape index (κ3) is 2.40. The number of aromatic nitrogens is 3. The molecule has 0 bridgehead atoms. The molecule has 2 heterocycles. The molecule has 0 N–H and O–H groups in total. The van der Waals surface area contributed by atoms with Crippen LogP contribution in [0.4, 0.5) is 0 Å². The molecule has 84 valence electrons. The predicted octanol–water partition coefficient (Wildman–Crippen LogP) is 1.70. The van der Waals surface area contributed by atoms with Crippen LogP contribution in [0.1, 0.15) is 5.56 Å². The van der Waals surface area contributed by atoms with E-state index in [2.05, 4.69) is 14.8 Å². The van der Waals surface area contributed by atoms with E-state index in [4.69, 9.17) is 11.6 Å². The monoisotopic (exact) mass is 257 g/mol. The molecule has 0 aliphatic rings. The minimum Gasteiger partial charge on any atom is -0.469 e. The summed E-state index contributed by atoms with van der Waals surface area (Å²) in [5.74, 6) is -0.290. The molecule has 2 aromatic rings. The van der Waals surface area contributed by atoms with Gasteiger partial charge in [0.1, 0.15) is 5.00 Å². The van der Waals surface area contributed by atoms with Crippen LogP contribution in [0.5, 0.6) is 0 Å². The molecule has 0 aromatic carbocycles. The fourth-order valence-electron chi connectivity index (χ4n) is 1.16. The van der Waals surface area contributed by atoms with Crippen molar-refractivity contribution < 1.29 is 9.53 Å². The van der Waals surface area contributed by atoms with Gasteiger partial charge in [-0.05, 0) is 0 Å². The maximum absolute atomic E-state index is 11.0. The van der Waals surface area contributed by atoms with Crippen molar-refractivity contribution in [3.63, 3.8) is 0 Å². The molecule has 0 amide bonds. The van der Waals surface area contributed by atoms with Crippen molar-refractivity contribution in [1.29, 1.82) is 0 Å². The average molecular weight is 258 g/mol. The minimum atomic E-state index is -0.290. The van der Waals surface area contributed by atoms with E-state index in [0.29, 0.717) is 4.47 Å². The van der Waals surface area contributed by atoms with E-state index in [-0.39, 0.29) is 12.4 Å². The Labute approximate surface area is 101 Å². The van der Waals surface area contributed by atoms with Crippen molar-refractivity contribution in [2.75, 3.05) is 7.11 Å². The molecule has 7 heteroatoms. The standard InChI is InChI=1S/C9H8ClN3O2S/c1-15-8(14)2-6-3-12-13(5-6)7-4-11-9(10)16-7/h3-5H,2H2,1H3. The molecule has 2 aromatic heterocycles. The number of methoxy groups -OCH3 is 1. The number of rotatable bonds is 3. The van der Waals surface area contributed by atoms with Crippen molar-refractivity contribution >= 4 is 28.9 Å². The zero-order chi connectivity index (χ0) is 11.5. The normalized spacial score (nSPS) is 10.4. The number of hydrogen-bond donors (Lipinski definition) is 0. The van der Waals surface area contributed by atoms with Gasteiger partial charge in [0.05, 0.1) is 25.9 Å². The summed E-state index contributed by atoms with van der Waals surface area (Å²) >= 11 is 7.03. The van der Waals surface area contributed by atoms with Crippen molar-refractivity contribution in [2.24, 2.45) is 0 Å². The Kier molecular flexibility index (Phi) is 3.21. The van der Waals surface area contributed by atoms with E-state index in [1.165, 1.54) is 18.4 Å². The summed E-state index contributed by atoms with van der Waals surface area (Å²) < 4.78 is 6.65. The zero-order valence-electron chi connectivity index (χ0n) is 8.38. The van der Waals surface area contributed by atoms with Crippen LogP contribution in [0.15, 0.2) is 18.6 Å². The summed E-state index contributed by atoms with van der Waals surface area (Å²) in [5.41, 5.74) is 0.788. The highest BCUT2D eigenvalue weighted by atomic mass is 35.5. The van der Waals surface area contributed by atoms with Gasteiger partial charge in [-0.3, -0.25) is 4.79 Å². The van der Waals surface area contributed by atoms with Crippen molar-refractivity contribution in [2.45, 2.75) is 6.42 Å². The number of thiazole rings is 1. The second-order valence-corrected chi connectivity index (χ2v) is 4.59. The Balaban J connectivity index is 2.16. The summed E-state index contributed by atoms with van der Waals surface area (Å²) in [4.78, 5) is 15.0. The number of nitrogens with zero attached hydrogens (tertiary/aromatic N) is 3. The first kappa shape index (κ1) is 11.1. The van der Waals surface area contributed by atoms with Crippen molar-refractivity contribution in [3.8, 4) is 5.00 Å². The van der Waals surface area contributed by atoms with E-state index >= 15 is 0 Å². The van der Waals surface area contributed by atoms with Gasteiger partial charge in [-0.25, -0.2) is 9.67 Å². The SMILES string of the molecule is COC(=O)Cc1cnn(-c2cnc(Cl)s2)c1. The van der Waals surface area contributed by atoms with E-state index in [1.807, 2.05) is 0 Å². The van der Waals surface area contributed by atoms with Crippen LogP contribution >= 0.6 is 22.9 Å². The Morgan fingerprint density at radius 3 is 3.06 bits per heavy atom. The Morgan fingerprint density at radius 1 is 1.62 bits per heavy atom. The molecule has 0 saturated heterocycles. The fraction of sp³-hybridized carbons (Fsp3) is 0.222. The summed E-state index contributed by atoms with van der Waals surface area (Å²) in [6.45, 7) is 0. The maximum atomic E-state index is 11.0. The molecule has 0 fully saturated rings. The highest BCUT2D eigenvalue weighted by molar-refractivity contribution is 7.18. The number of ether oxygens (including phenoxy) is 1. The van der Waals surface area contributed by atoms with Crippen LogP contribution < -0.4 is 0 Å². The topological polar surface area (TPSA) is 57.0 Å². The lowest BCUT2D eigenvalue weighted by Crippen LogP contribution is -2.03. The summed E-state index contributed by atoms with van der Waals surface area (Å²) in [6.07, 6.45) is 5.20. The van der Waals surface area contributed by atoms with Crippen LogP contribution in [0.25, 0.3) is 5.00 Å². The zero-order valence-corrected chi connectivity index (χ0v) is 9.96. The van der Waals surface area contributed by atoms with Crippen LogP contribution in [0, 0.1) is 0 Å². The minimum absolute atomic E-state index is 0.211. The van der Waals surface area contributed by atoms with Gasteiger partial charge < -0.3 is 4.74 Å². The fourth-order valence-corrected chi connectivity index (χ4v) is 2.02. The van der Waals surface area contributed by atoms with Gasteiger partial charge in [0.25, 0.3) is 0 Å². The van der Waals surface area contributed by atoms with E-state index < -0.39 is 0 Å². The van der Waals surface area contributed by atoms with E-state index in [1.54, 1.807) is 23.3 Å². The predicted molar refractivity (Wildman–Crippen MR) is 60.0 cm³/mol. The quantitative estimate of drug-likeness (QED) is 0.786. The molecule has 16 heavy (non-hydrogen) atoms. The Hall–Kier alpha value is -1.40. The molecule has 5 nitrogen and oxygen atoms in total. The second kappa shape index (κ2) is 4.63. The number of carbonyl (C=O) groups is 1. The average Bonchev–Trinajstić information content (AvgIpc) is 2.87. The molecule has 0 unspecified atom stereocenters. The Bertz CT molecular complexity index is 508. The highest BCUT2D eigenvalue weighted by Gasteiger charge is 2.08. The van der Waals surface area contributed by atoms with Gasteiger partial charge >= 0.3 is 5.97 Å². The smallest absolute Gasteiger partial charge is 0.310 e. The number of esters is 1. The third-order valence-electron chi connectivity index (χ3n) is 1.90. The lowest BCUT2D eigenvalue weighted by molar-refractivity contribution is -0.139. The second-order valence-electron chi connectivity index (χ2n) is 3.00. The first-order valence-corrected chi connectivity index (χ1v) is 5.60. The maximum Gasteiger partial charge on any atom is 0.310 e. The van der Waals surface area contributed by atoms with Gasteiger partial charge in [0.15, 0.2) is 4.47 Å². The summed E-state index contributed by atoms with van der Waals surface area (Å²) in [6, 6.07) is 0. The molecule has 0 aliphatic carbocycles. The first-order valence-electron chi connectivity index (χ1n) is 4.41. The van der Waals surface area contributed by atoms with Gasteiger partial charge in [0.2, 0.25) is 0 Å². The number of carbonyl (C=O) groups excluding carboxylic acids is 1. The lowest BCUT2D eigenvalue weighted by Gasteiger charge is -1.94. The molecule has 2 rings (SSSR count). The van der Waals surface area contributed by atoms with Gasteiger partial charge in [-0.15, -0.1) is 0 Å². The van der Waals surface area contributed by atoms with Crippen molar-refractivity contribution in [1.82, 2.24) is 14.8 Å². The molecule has 0 saturated carbocycles. The van der Waals surface area contributed by atoms with Gasteiger partial charge in [-0.2, -0.15) is 5.10 Å². The molecule has 0 spiro atoms. The van der Waals surface area contributed by atoms with Crippen LogP contribution in [-0.2, 0) is 16.0 Å². The molecule has 0 atom stereocenters. The number of hydrogen-bond acceptors (Lipinski definition) is 5.